The molecule has 1 aromatic heterocycles. The summed E-state index contributed by atoms with van der Waals surface area (Å²) in [4.78, 5) is 10.6. The molecule has 0 spiro atoms. The molecule has 2 N–H and O–H groups in total. The van der Waals surface area contributed by atoms with Gasteiger partial charge in [0, 0.05) is 16.1 Å². The average molecular weight is 361 g/mol. The molecule has 0 unspecified atom stereocenters. The lowest BCUT2D eigenvalue weighted by Gasteiger charge is -2.03. The van der Waals surface area contributed by atoms with Crippen molar-refractivity contribution in [3.05, 3.63) is 50.6 Å². The van der Waals surface area contributed by atoms with Crippen molar-refractivity contribution >= 4 is 51.1 Å². The summed E-state index contributed by atoms with van der Waals surface area (Å²) >= 11 is 15.4. The standard InChI is InChI=1S/C13H8BrCl2NO2/c14-9-6-10(15)8(5-11(9)16)12-3-1-7(19-12)2-4-13(17)18/h1-6H,(H2,17,18)/b4-2-. The van der Waals surface area contributed by atoms with Crippen molar-refractivity contribution in [2.45, 2.75) is 0 Å². The van der Waals surface area contributed by atoms with Crippen LogP contribution in [-0.2, 0) is 4.79 Å². The van der Waals surface area contributed by atoms with Crippen LogP contribution in [0.5, 0.6) is 0 Å². The van der Waals surface area contributed by atoms with Crippen LogP contribution in [0.3, 0.4) is 0 Å². The van der Waals surface area contributed by atoms with Gasteiger partial charge in [-0.05, 0) is 46.3 Å². The summed E-state index contributed by atoms with van der Waals surface area (Å²) in [6, 6.07) is 6.85. The molecule has 19 heavy (non-hydrogen) atoms. The van der Waals surface area contributed by atoms with Crippen LogP contribution in [0.15, 0.2) is 39.2 Å². The zero-order valence-corrected chi connectivity index (χ0v) is 12.6. The number of carbonyl (C=O) groups is 1. The fourth-order valence-electron chi connectivity index (χ4n) is 1.46. The predicted octanol–water partition coefficient (Wildman–Crippen LogP) is 4.51. The predicted molar refractivity (Wildman–Crippen MR) is 80.1 cm³/mol. The fourth-order valence-corrected chi connectivity index (χ4v) is 2.36. The molecule has 1 heterocycles. The Morgan fingerprint density at radius 1 is 1.26 bits per heavy atom. The van der Waals surface area contributed by atoms with Crippen molar-refractivity contribution in [2.24, 2.45) is 5.73 Å². The number of amides is 1. The average Bonchev–Trinajstić information content (AvgIpc) is 2.80. The molecule has 2 rings (SSSR count). The third-order valence-electron chi connectivity index (χ3n) is 2.31. The summed E-state index contributed by atoms with van der Waals surface area (Å²) in [6.07, 6.45) is 2.71. The summed E-state index contributed by atoms with van der Waals surface area (Å²) in [5, 5.41) is 1.04. The molecule has 98 valence electrons. The molecule has 0 saturated carbocycles. The van der Waals surface area contributed by atoms with E-state index in [2.05, 4.69) is 15.9 Å². The Kier molecular flexibility index (Phi) is 4.34. The van der Waals surface area contributed by atoms with Gasteiger partial charge in [0.05, 0.1) is 10.0 Å². The van der Waals surface area contributed by atoms with Crippen LogP contribution < -0.4 is 5.73 Å². The van der Waals surface area contributed by atoms with Crippen LogP contribution in [0.25, 0.3) is 17.4 Å². The number of carbonyl (C=O) groups excluding carboxylic acids is 1. The number of halogens is 3. The molecule has 0 fully saturated rings. The van der Waals surface area contributed by atoms with E-state index < -0.39 is 5.91 Å². The van der Waals surface area contributed by atoms with Crippen LogP contribution in [0.2, 0.25) is 10.0 Å². The summed E-state index contributed by atoms with van der Waals surface area (Å²) in [6.45, 7) is 0. The number of furan rings is 1. The van der Waals surface area contributed by atoms with Gasteiger partial charge in [-0.25, -0.2) is 0 Å². The van der Waals surface area contributed by atoms with Crippen LogP contribution in [0.1, 0.15) is 5.76 Å². The maximum Gasteiger partial charge on any atom is 0.241 e. The Morgan fingerprint density at radius 3 is 2.68 bits per heavy atom. The highest BCUT2D eigenvalue weighted by atomic mass is 79.9. The molecule has 0 aliphatic carbocycles. The zero-order valence-electron chi connectivity index (χ0n) is 9.49. The summed E-state index contributed by atoms with van der Waals surface area (Å²) in [7, 11) is 0. The van der Waals surface area contributed by atoms with Gasteiger partial charge < -0.3 is 10.2 Å². The highest BCUT2D eigenvalue weighted by Gasteiger charge is 2.11. The quantitative estimate of drug-likeness (QED) is 0.646. The minimum absolute atomic E-state index is 0.504. The number of benzene rings is 1. The fraction of sp³-hybridized carbons (Fsp3) is 0. The van der Waals surface area contributed by atoms with E-state index in [1.807, 2.05) is 0 Å². The highest BCUT2D eigenvalue weighted by Crippen LogP contribution is 2.36. The first-order valence-corrected chi connectivity index (χ1v) is 6.74. The lowest BCUT2D eigenvalue weighted by Crippen LogP contribution is -2.04. The van der Waals surface area contributed by atoms with E-state index in [1.54, 1.807) is 24.3 Å². The van der Waals surface area contributed by atoms with E-state index in [0.717, 1.165) is 0 Å². The Labute approximate surface area is 128 Å². The van der Waals surface area contributed by atoms with E-state index in [9.17, 15) is 4.79 Å². The van der Waals surface area contributed by atoms with Crippen LogP contribution in [-0.4, -0.2) is 5.91 Å². The van der Waals surface area contributed by atoms with E-state index in [1.165, 1.54) is 12.2 Å². The maximum atomic E-state index is 10.6. The zero-order chi connectivity index (χ0) is 14.0. The van der Waals surface area contributed by atoms with Gasteiger partial charge >= 0.3 is 0 Å². The Morgan fingerprint density at radius 2 is 2.00 bits per heavy atom. The third-order valence-corrected chi connectivity index (χ3v) is 3.82. The van der Waals surface area contributed by atoms with Gasteiger partial charge in [-0.2, -0.15) is 0 Å². The molecule has 0 bridgehead atoms. The van der Waals surface area contributed by atoms with Crippen molar-refractivity contribution in [1.29, 1.82) is 0 Å². The van der Waals surface area contributed by atoms with E-state index in [-0.39, 0.29) is 0 Å². The first-order valence-electron chi connectivity index (χ1n) is 5.19. The largest absolute Gasteiger partial charge is 0.457 e. The minimum atomic E-state index is -0.539. The molecule has 1 aromatic carbocycles. The molecular formula is C13H8BrCl2NO2. The van der Waals surface area contributed by atoms with E-state index in [4.69, 9.17) is 33.4 Å². The molecule has 0 aliphatic heterocycles. The smallest absolute Gasteiger partial charge is 0.241 e. The van der Waals surface area contributed by atoms with Crippen LogP contribution in [0, 0.1) is 0 Å². The molecule has 0 saturated heterocycles. The molecule has 3 nitrogen and oxygen atoms in total. The SMILES string of the molecule is NC(=O)/C=C\c1ccc(-c2cc(Cl)c(Br)cc2Cl)o1. The van der Waals surface area contributed by atoms with Crippen molar-refractivity contribution in [3.63, 3.8) is 0 Å². The molecule has 1 amide bonds. The molecular weight excluding hydrogens is 353 g/mol. The molecule has 0 atom stereocenters. The van der Waals surface area contributed by atoms with Crippen molar-refractivity contribution < 1.29 is 9.21 Å². The van der Waals surface area contributed by atoms with Crippen molar-refractivity contribution in [3.8, 4) is 11.3 Å². The number of primary amides is 1. The second-order valence-electron chi connectivity index (χ2n) is 3.68. The second-order valence-corrected chi connectivity index (χ2v) is 5.35. The first-order chi connectivity index (χ1) is 8.97. The van der Waals surface area contributed by atoms with Gasteiger partial charge in [-0.3, -0.25) is 4.79 Å². The Hall–Kier alpha value is -1.23. The van der Waals surface area contributed by atoms with Gasteiger partial charge in [0.2, 0.25) is 5.91 Å². The normalized spacial score (nSPS) is 11.1. The third kappa shape index (κ3) is 3.41. The van der Waals surface area contributed by atoms with Crippen LogP contribution in [0.4, 0.5) is 0 Å². The molecule has 6 heteroatoms. The highest BCUT2D eigenvalue weighted by molar-refractivity contribution is 9.10. The molecule has 2 aromatic rings. The van der Waals surface area contributed by atoms with E-state index in [0.29, 0.717) is 31.6 Å². The lowest BCUT2D eigenvalue weighted by molar-refractivity contribution is -0.113. The van der Waals surface area contributed by atoms with Gasteiger partial charge in [0.1, 0.15) is 11.5 Å². The molecule has 0 radical (unpaired) electrons. The number of rotatable bonds is 3. The first kappa shape index (κ1) is 14.2. The lowest BCUT2D eigenvalue weighted by atomic mass is 10.2. The van der Waals surface area contributed by atoms with Gasteiger partial charge in [-0.15, -0.1) is 0 Å². The number of hydrogen-bond acceptors (Lipinski definition) is 2. The topological polar surface area (TPSA) is 56.2 Å². The summed E-state index contributed by atoms with van der Waals surface area (Å²) < 4.78 is 6.25. The Balaban J connectivity index is 2.38. The number of hydrogen-bond donors (Lipinski definition) is 1. The second kappa shape index (κ2) is 5.82. The summed E-state index contributed by atoms with van der Waals surface area (Å²) in [5.74, 6) is 0.523. The Bertz CT molecular complexity index is 665. The number of nitrogens with two attached hydrogens (primary N) is 1. The minimum Gasteiger partial charge on any atom is -0.457 e. The van der Waals surface area contributed by atoms with Crippen LogP contribution >= 0.6 is 39.1 Å². The summed E-state index contributed by atoms with van der Waals surface area (Å²) in [5.41, 5.74) is 5.68. The monoisotopic (exact) mass is 359 g/mol. The molecule has 0 aliphatic rings. The van der Waals surface area contributed by atoms with Crippen molar-refractivity contribution in [2.75, 3.05) is 0 Å². The maximum absolute atomic E-state index is 10.6. The van der Waals surface area contributed by atoms with Gasteiger partial charge in [0.15, 0.2) is 0 Å². The van der Waals surface area contributed by atoms with Gasteiger partial charge in [0.25, 0.3) is 0 Å². The van der Waals surface area contributed by atoms with Crippen molar-refractivity contribution in [1.82, 2.24) is 0 Å². The van der Waals surface area contributed by atoms with Gasteiger partial charge in [-0.1, -0.05) is 23.2 Å². The van der Waals surface area contributed by atoms with E-state index >= 15 is 0 Å².